The summed E-state index contributed by atoms with van der Waals surface area (Å²) in [5.41, 5.74) is 0. The predicted molar refractivity (Wildman–Crippen MR) is 86.9 cm³/mol. The summed E-state index contributed by atoms with van der Waals surface area (Å²) in [6.45, 7) is 1.64. The lowest BCUT2D eigenvalue weighted by Gasteiger charge is -2.32. The van der Waals surface area contributed by atoms with Crippen molar-refractivity contribution in [3.05, 3.63) is 29.8 Å². The van der Waals surface area contributed by atoms with Crippen molar-refractivity contribution in [3.8, 4) is 5.75 Å². The largest absolute Gasteiger partial charge is 0.492 e. The fraction of sp³-hybridized carbons (Fsp3) is 0.556. The summed E-state index contributed by atoms with van der Waals surface area (Å²) >= 11 is 0. The van der Waals surface area contributed by atoms with Crippen molar-refractivity contribution < 1.29 is 23.1 Å². The number of likely N-dealkylation sites (tertiary alicyclic amines) is 1. The lowest BCUT2D eigenvalue weighted by molar-refractivity contribution is -0.136. The van der Waals surface area contributed by atoms with Crippen molar-refractivity contribution in [2.75, 3.05) is 26.2 Å². The van der Waals surface area contributed by atoms with Gasteiger partial charge in [0.1, 0.15) is 12.4 Å². The van der Waals surface area contributed by atoms with Crippen LogP contribution in [0.2, 0.25) is 0 Å². The van der Waals surface area contributed by atoms with Gasteiger partial charge in [0.25, 0.3) is 0 Å². The Hall–Kier alpha value is -2.18. The SMILES string of the molecule is O=C(NCCOc1ccc(F)c(F)c1)[C@H]1CCCN(C(=O)C2CC2)C1. The first kappa shape index (κ1) is 17.6. The molecule has 136 valence electrons. The third-order valence-corrected chi connectivity index (χ3v) is 4.59. The standard InChI is InChI=1S/C18H22F2N2O3/c19-15-6-5-14(10-16(15)20)25-9-7-21-17(23)13-2-1-8-22(11-13)18(24)12-3-4-12/h5-6,10,12-13H,1-4,7-9,11H2,(H,21,23)/t13-/m0/s1. The number of halogens is 2. The summed E-state index contributed by atoms with van der Waals surface area (Å²) in [5, 5.41) is 2.78. The molecule has 1 heterocycles. The Morgan fingerprint density at radius 3 is 2.68 bits per heavy atom. The molecule has 0 bridgehead atoms. The van der Waals surface area contributed by atoms with Gasteiger partial charge in [0, 0.05) is 25.1 Å². The first-order valence-electron chi connectivity index (χ1n) is 8.69. The van der Waals surface area contributed by atoms with Crippen LogP contribution in [0.25, 0.3) is 0 Å². The van der Waals surface area contributed by atoms with E-state index in [4.69, 9.17) is 4.74 Å². The van der Waals surface area contributed by atoms with E-state index < -0.39 is 11.6 Å². The molecule has 0 spiro atoms. The summed E-state index contributed by atoms with van der Waals surface area (Å²) < 4.78 is 31.2. The quantitative estimate of drug-likeness (QED) is 0.798. The van der Waals surface area contributed by atoms with E-state index in [1.807, 2.05) is 4.90 Å². The van der Waals surface area contributed by atoms with Crippen molar-refractivity contribution in [3.63, 3.8) is 0 Å². The van der Waals surface area contributed by atoms with Crippen molar-refractivity contribution in [2.45, 2.75) is 25.7 Å². The van der Waals surface area contributed by atoms with E-state index in [9.17, 15) is 18.4 Å². The maximum atomic E-state index is 13.1. The molecular formula is C18H22F2N2O3. The molecule has 25 heavy (non-hydrogen) atoms. The van der Waals surface area contributed by atoms with Crippen LogP contribution in [0, 0.1) is 23.5 Å². The van der Waals surface area contributed by atoms with Crippen molar-refractivity contribution in [1.82, 2.24) is 10.2 Å². The zero-order valence-corrected chi connectivity index (χ0v) is 14.0. The summed E-state index contributed by atoms with van der Waals surface area (Å²) in [6, 6.07) is 3.30. The first-order valence-corrected chi connectivity index (χ1v) is 8.69. The fourth-order valence-corrected chi connectivity index (χ4v) is 3.03. The van der Waals surface area contributed by atoms with Crippen LogP contribution in [-0.2, 0) is 9.59 Å². The minimum Gasteiger partial charge on any atom is -0.492 e. The van der Waals surface area contributed by atoms with Gasteiger partial charge in [-0.25, -0.2) is 8.78 Å². The highest BCUT2D eigenvalue weighted by Gasteiger charge is 2.36. The first-order chi connectivity index (χ1) is 12.0. The van der Waals surface area contributed by atoms with Crippen LogP contribution in [0.15, 0.2) is 18.2 Å². The Labute approximate surface area is 145 Å². The molecule has 0 aromatic heterocycles. The molecule has 1 saturated heterocycles. The van der Waals surface area contributed by atoms with Crippen LogP contribution < -0.4 is 10.1 Å². The highest BCUT2D eigenvalue weighted by molar-refractivity contribution is 5.83. The van der Waals surface area contributed by atoms with E-state index in [0.717, 1.165) is 44.4 Å². The Bertz CT molecular complexity index is 649. The topological polar surface area (TPSA) is 58.6 Å². The Morgan fingerprint density at radius 2 is 1.96 bits per heavy atom. The molecule has 1 aliphatic heterocycles. The number of nitrogens with one attached hydrogen (secondary N) is 1. The van der Waals surface area contributed by atoms with E-state index in [1.54, 1.807) is 0 Å². The number of carbonyl (C=O) groups is 2. The van der Waals surface area contributed by atoms with Crippen LogP contribution in [0.1, 0.15) is 25.7 Å². The van der Waals surface area contributed by atoms with Crippen LogP contribution in [0.5, 0.6) is 5.75 Å². The van der Waals surface area contributed by atoms with Crippen molar-refractivity contribution >= 4 is 11.8 Å². The highest BCUT2D eigenvalue weighted by Crippen LogP contribution is 2.32. The molecule has 1 atom stereocenters. The van der Waals surface area contributed by atoms with E-state index in [2.05, 4.69) is 5.32 Å². The van der Waals surface area contributed by atoms with Crippen LogP contribution in [-0.4, -0.2) is 43.0 Å². The Balaban J connectivity index is 1.39. The highest BCUT2D eigenvalue weighted by atomic mass is 19.2. The third-order valence-electron chi connectivity index (χ3n) is 4.59. The van der Waals surface area contributed by atoms with Gasteiger partial charge in [-0.2, -0.15) is 0 Å². The molecule has 2 amide bonds. The number of carbonyl (C=O) groups excluding carboxylic acids is 2. The van der Waals surface area contributed by atoms with Gasteiger partial charge >= 0.3 is 0 Å². The van der Waals surface area contributed by atoms with E-state index >= 15 is 0 Å². The van der Waals surface area contributed by atoms with Gasteiger partial charge in [-0.15, -0.1) is 0 Å². The van der Waals surface area contributed by atoms with E-state index in [0.29, 0.717) is 6.54 Å². The van der Waals surface area contributed by atoms with Gasteiger partial charge in [-0.1, -0.05) is 0 Å². The maximum absolute atomic E-state index is 13.1. The molecule has 7 heteroatoms. The van der Waals surface area contributed by atoms with Crippen LogP contribution in [0.3, 0.4) is 0 Å². The molecule has 3 rings (SSSR count). The molecule has 1 aliphatic carbocycles. The average Bonchev–Trinajstić information content (AvgIpc) is 3.46. The van der Waals surface area contributed by atoms with Gasteiger partial charge in [-0.05, 0) is 37.8 Å². The van der Waals surface area contributed by atoms with Crippen LogP contribution >= 0.6 is 0 Å². The minimum absolute atomic E-state index is 0.0952. The summed E-state index contributed by atoms with van der Waals surface area (Å²) in [5.74, 6) is -1.62. The van der Waals surface area contributed by atoms with E-state index in [-0.39, 0.29) is 42.6 Å². The number of rotatable bonds is 6. The summed E-state index contributed by atoms with van der Waals surface area (Å²) in [4.78, 5) is 26.2. The molecular weight excluding hydrogens is 330 g/mol. The second kappa shape index (κ2) is 7.80. The molecule has 1 saturated carbocycles. The number of benzene rings is 1. The number of hydrogen-bond donors (Lipinski definition) is 1. The lowest BCUT2D eigenvalue weighted by Crippen LogP contribution is -2.46. The molecule has 2 fully saturated rings. The average molecular weight is 352 g/mol. The molecule has 0 radical (unpaired) electrons. The third kappa shape index (κ3) is 4.67. The smallest absolute Gasteiger partial charge is 0.225 e. The summed E-state index contributed by atoms with van der Waals surface area (Å²) in [6.07, 6.45) is 3.53. The predicted octanol–water partition coefficient (Wildman–Crippen LogP) is 2.11. The second-order valence-corrected chi connectivity index (χ2v) is 6.61. The fourth-order valence-electron chi connectivity index (χ4n) is 3.03. The monoisotopic (exact) mass is 352 g/mol. The number of nitrogens with zero attached hydrogens (tertiary/aromatic N) is 1. The molecule has 1 aromatic rings. The molecule has 1 N–H and O–H groups in total. The number of piperidine rings is 1. The Morgan fingerprint density at radius 1 is 1.16 bits per heavy atom. The van der Waals surface area contributed by atoms with E-state index in [1.165, 1.54) is 6.07 Å². The normalized spacial score (nSPS) is 20.2. The zero-order chi connectivity index (χ0) is 17.8. The number of hydrogen-bond acceptors (Lipinski definition) is 3. The van der Waals surface area contributed by atoms with Gasteiger partial charge in [0.05, 0.1) is 12.5 Å². The minimum atomic E-state index is -0.968. The number of amides is 2. The number of ether oxygens (including phenoxy) is 1. The van der Waals surface area contributed by atoms with Crippen molar-refractivity contribution in [2.24, 2.45) is 11.8 Å². The van der Waals surface area contributed by atoms with Gasteiger partial charge < -0.3 is 15.0 Å². The molecule has 5 nitrogen and oxygen atoms in total. The van der Waals surface area contributed by atoms with Gasteiger partial charge in [0.2, 0.25) is 11.8 Å². The Kier molecular flexibility index (Phi) is 5.50. The van der Waals surface area contributed by atoms with Gasteiger partial charge in [0.15, 0.2) is 11.6 Å². The molecule has 2 aliphatic rings. The second-order valence-electron chi connectivity index (χ2n) is 6.61. The lowest BCUT2D eigenvalue weighted by atomic mass is 9.97. The van der Waals surface area contributed by atoms with Crippen molar-refractivity contribution in [1.29, 1.82) is 0 Å². The van der Waals surface area contributed by atoms with Crippen LogP contribution in [0.4, 0.5) is 8.78 Å². The van der Waals surface area contributed by atoms with Gasteiger partial charge in [-0.3, -0.25) is 9.59 Å². The molecule has 1 aromatic carbocycles. The zero-order valence-electron chi connectivity index (χ0n) is 14.0. The summed E-state index contributed by atoms with van der Waals surface area (Å²) in [7, 11) is 0. The maximum Gasteiger partial charge on any atom is 0.225 e. The molecule has 0 unspecified atom stereocenters.